The fraction of sp³-hybridized carbons (Fsp3) is 0.136. The maximum atomic E-state index is 12.0. The molecule has 0 aliphatic carbocycles. The predicted octanol–water partition coefficient (Wildman–Crippen LogP) is 4.13. The summed E-state index contributed by atoms with van der Waals surface area (Å²) in [6, 6.07) is 23.5. The van der Waals surface area contributed by atoms with Crippen molar-refractivity contribution in [3.63, 3.8) is 0 Å². The van der Waals surface area contributed by atoms with Crippen molar-refractivity contribution in [3.8, 4) is 16.9 Å². The molecule has 0 aliphatic heterocycles. The first-order chi connectivity index (χ1) is 13.8. The van der Waals surface area contributed by atoms with E-state index in [0.29, 0.717) is 0 Å². The monoisotopic (exact) mass is 427 g/mol. The maximum absolute atomic E-state index is 12.0. The Kier molecular flexibility index (Phi) is 6.61. The van der Waals surface area contributed by atoms with Crippen LogP contribution in [0, 0.1) is 0 Å². The zero-order valence-electron chi connectivity index (χ0n) is 16.1. The van der Waals surface area contributed by atoms with Crippen molar-refractivity contribution in [1.29, 1.82) is 0 Å². The quantitative estimate of drug-likeness (QED) is 0.614. The van der Waals surface area contributed by atoms with Crippen molar-refractivity contribution in [2.75, 3.05) is 13.4 Å². The lowest BCUT2D eigenvalue weighted by atomic mass is 10.1. The molecule has 5 nitrogen and oxygen atoms in total. The summed E-state index contributed by atoms with van der Waals surface area (Å²) in [5.41, 5.74) is 2.97. The number of ether oxygens (including phenoxy) is 1. The standard InChI is InChI=1S/C22H21NO4S2/c1-27-19-11-7-16(8-12-19)17-9-13-20(14-10-17)28-21-6-4-3-5-18(21)15-22(24)23-29(2,25)26/h3-14H,15H2,1-2H3,(H,23,24). The van der Waals surface area contributed by atoms with Gasteiger partial charge in [0.2, 0.25) is 15.9 Å². The lowest BCUT2D eigenvalue weighted by molar-refractivity contribution is -0.118. The third kappa shape index (κ3) is 6.10. The smallest absolute Gasteiger partial charge is 0.237 e. The number of carbonyl (C=O) groups is 1. The van der Waals surface area contributed by atoms with E-state index in [1.807, 2.05) is 77.5 Å². The molecule has 1 amide bonds. The Bertz CT molecular complexity index is 1090. The summed E-state index contributed by atoms with van der Waals surface area (Å²) in [7, 11) is -1.92. The predicted molar refractivity (Wildman–Crippen MR) is 116 cm³/mol. The number of benzene rings is 3. The van der Waals surface area contributed by atoms with Crippen LogP contribution in [-0.4, -0.2) is 27.7 Å². The van der Waals surface area contributed by atoms with Gasteiger partial charge in [0.05, 0.1) is 19.8 Å². The second-order valence-corrected chi connectivity index (χ2v) is 9.30. The van der Waals surface area contributed by atoms with E-state index in [0.717, 1.165) is 38.5 Å². The van der Waals surface area contributed by atoms with Gasteiger partial charge in [-0.05, 0) is 47.0 Å². The van der Waals surface area contributed by atoms with Crippen molar-refractivity contribution in [2.24, 2.45) is 0 Å². The Morgan fingerprint density at radius 1 is 0.931 bits per heavy atom. The number of carbonyl (C=O) groups excluding carboxylic acids is 1. The molecule has 1 N–H and O–H groups in total. The average Bonchev–Trinajstić information content (AvgIpc) is 2.69. The average molecular weight is 428 g/mol. The zero-order chi connectivity index (χ0) is 20.9. The molecule has 3 aromatic rings. The molecule has 0 unspecified atom stereocenters. The van der Waals surface area contributed by atoms with E-state index in [-0.39, 0.29) is 6.42 Å². The Balaban J connectivity index is 1.74. The Morgan fingerprint density at radius 3 is 2.10 bits per heavy atom. The second-order valence-electron chi connectivity index (χ2n) is 6.44. The molecule has 0 radical (unpaired) electrons. The highest BCUT2D eigenvalue weighted by Crippen LogP contribution is 2.32. The molecule has 0 spiro atoms. The number of amides is 1. The number of nitrogens with one attached hydrogen (secondary N) is 1. The molecule has 29 heavy (non-hydrogen) atoms. The summed E-state index contributed by atoms with van der Waals surface area (Å²) in [5.74, 6) is 0.271. The van der Waals surface area contributed by atoms with Gasteiger partial charge >= 0.3 is 0 Å². The molecular formula is C22H21NO4S2. The van der Waals surface area contributed by atoms with Crippen molar-refractivity contribution in [2.45, 2.75) is 16.2 Å². The Morgan fingerprint density at radius 2 is 1.52 bits per heavy atom. The van der Waals surface area contributed by atoms with Crippen LogP contribution in [0.4, 0.5) is 0 Å². The van der Waals surface area contributed by atoms with Gasteiger partial charge in [0, 0.05) is 9.79 Å². The number of sulfonamides is 1. The molecule has 0 atom stereocenters. The number of rotatable bonds is 7. The Labute approximate surface area is 175 Å². The maximum Gasteiger partial charge on any atom is 0.237 e. The molecule has 0 heterocycles. The summed E-state index contributed by atoms with van der Waals surface area (Å²) in [4.78, 5) is 13.9. The van der Waals surface area contributed by atoms with E-state index in [2.05, 4.69) is 0 Å². The largest absolute Gasteiger partial charge is 0.497 e. The van der Waals surface area contributed by atoms with E-state index >= 15 is 0 Å². The van der Waals surface area contributed by atoms with Crippen LogP contribution >= 0.6 is 11.8 Å². The zero-order valence-corrected chi connectivity index (χ0v) is 17.7. The molecule has 7 heteroatoms. The minimum Gasteiger partial charge on any atom is -0.497 e. The first kappa shape index (κ1) is 21.0. The molecule has 150 valence electrons. The third-order valence-corrected chi connectivity index (χ3v) is 5.85. The molecule has 0 aromatic heterocycles. The summed E-state index contributed by atoms with van der Waals surface area (Å²) < 4.78 is 29.7. The minimum atomic E-state index is -3.57. The fourth-order valence-electron chi connectivity index (χ4n) is 2.79. The third-order valence-electron chi connectivity index (χ3n) is 4.13. The van der Waals surface area contributed by atoms with Gasteiger partial charge in [0.15, 0.2) is 0 Å². The molecule has 0 saturated carbocycles. The highest BCUT2D eigenvalue weighted by atomic mass is 32.2. The van der Waals surface area contributed by atoms with Gasteiger partial charge in [-0.2, -0.15) is 0 Å². The minimum absolute atomic E-state index is 0.000174. The molecule has 0 fully saturated rings. The van der Waals surface area contributed by atoms with E-state index in [9.17, 15) is 13.2 Å². The van der Waals surface area contributed by atoms with Crippen molar-refractivity contribution in [1.82, 2.24) is 4.72 Å². The van der Waals surface area contributed by atoms with Crippen LogP contribution in [-0.2, 0) is 21.2 Å². The van der Waals surface area contributed by atoms with Crippen LogP contribution in [0.1, 0.15) is 5.56 Å². The van der Waals surface area contributed by atoms with E-state index in [4.69, 9.17) is 4.74 Å². The van der Waals surface area contributed by atoms with Gasteiger partial charge < -0.3 is 4.74 Å². The van der Waals surface area contributed by atoms with Gasteiger partial charge in [0.1, 0.15) is 5.75 Å². The van der Waals surface area contributed by atoms with E-state index in [1.54, 1.807) is 7.11 Å². The topological polar surface area (TPSA) is 72.5 Å². The van der Waals surface area contributed by atoms with Crippen molar-refractivity contribution >= 4 is 27.7 Å². The summed E-state index contributed by atoms with van der Waals surface area (Å²) in [5, 5.41) is 0. The lowest BCUT2D eigenvalue weighted by Gasteiger charge is -2.10. The van der Waals surface area contributed by atoms with Crippen LogP contribution in [0.15, 0.2) is 82.6 Å². The molecule has 0 saturated heterocycles. The van der Waals surface area contributed by atoms with Crippen LogP contribution in [0.3, 0.4) is 0 Å². The van der Waals surface area contributed by atoms with Gasteiger partial charge in [-0.3, -0.25) is 9.52 Å². The summed E-state index contributed by atoms with van der Waals surface area (Å²) in [6.07, 6.45) is 0.968. The molecule has 3 rings (SSSR count). The van der Waals surface area contributed by atoms with Gasteiger partial charge in [-0.15, -0.1) is 0 Å². The molecule has 0 aliphatic rings. The summed E-state index contributed by atoms with van der Waals surface area (Å²) in [6.45, 7) is 0. The van der Waals surface area contributed by atoms with Gasteiger partial charge in [0.25, 0.3) is 0 Å². The number of hydrogen-bond acceptors (Lipinski definition) is 5. The van der Waals surface area contributed by atoms with Gasteiger partial charge in [-0.1, -0.05) is 54.2 Å². The normalized spacial score (nSPS) is 11.1. The Hall–Kier alpha value is -2.77. The molecule has 0 bridgehead atoms. The van der Waals surface area contributed by atoms with Crippen LogP contribution < -0.4 is 9.46 Å². The highest BCUT2D eigenvalue weighted by molar-refractivity contribution is 7.99. The number of hydrogen-bond donors (Lipinski definition) is 1. The molecular weight excluding hydrogens is 406 g/mol. The van der Waals surface area contributed by atoms with E-state index < -0.39 is 15.9 Å². The highest BCUT2D eigenvalue weighted by Gasteiger charge is 2.12. The molecule has 3 aromatic carbocycles. The van der Waals surface area contributed by atoms with Gasteiger partial charge in [-0.25, -0.2) is 8.42 Å². The second kappa shape index (κ2) is 9.15. The fourth-order valence-corrected chi connectivity index (χ4v) is 4.22. The van der Waals surface area contributed by atoms with Crippen LogP contribution in [0.2, 0.25) is 0 Å². The summed E-state index contributed by atoms with van der Waals surface area (Å²) >= 11 is 1.53. The first-order valence-corrected chi connectivity index (χ1v) is 11.6. The van der Waals surface area contributed by atoms with Crippen molar-refractivity contribution < 1.29 is 17.9 Å². The first-order valence-electron chi connectivity index (χ1n) is 8.85. The van der Waals surface area contributed by atoms with Crippen molar-refractivity contribution in [3.05, 3.63) is 78.4 Å². The lowest BCUT2D eigenvalue weighted by Crippen LogP contribution is -2.30. The van der Waals surface area contributed by atoms with E-state index in [1.165, 1.54) is 11.8 Å². The SMILES string of the molecule is COc1ccc(-c2ccc(Sc3ccccc3CC(=O)NS(C)(=O)=O)cc2)cc1. The van der Waals surface area contributed by atoms with Crippen LogP contribution in [0.5, 0.6) is 5.75 Å². The van der Waals surface area contributed by atoms with Crippen LogP contribution in [0.25, 0.3) is 11.1 Å². The number of methoxy groups -OCH3 is 1.